The van der Waals surface area contributed by atoms with Gasteiger partial charge in [0.1, 0.15) is 5.75 Å². The number of aromatic nitrogens is 2. The molecule has 2 aromatic heterocycles. The van der Waals surface area contributed by atoms with E-state index in [1.807, 2.05) is 25.1 Å². The van der Waals surface area contributed by atoms with E-state index in [9.17, 15) is 8.42 Å². The number of hydrogen-bond donors (Lipinski definition) is 1. The summed E-state index contributed by atoms with van der Waals surface area (Å²) in [6, 6.07) is 13.7. The van der Waals surface area contributed by atoms with Crippen LogP contribution in [0, 0.1) is 0 Å². The highest BCUT2D eigenvalue weighted by atomic mass is 32.2. The average Bonchev–Trinajstić information content (AvgIpc) is 2.68. The first-order valence-electron chi connectivity index (χ1n) is 8.17. The third-order valence-corrected chi connectivity index (χ3v) is 5.16. The Bertz CT molecular complexity index is 959. The fraction of sp³-hybridized carbons (Fsp3) is 0.158. The van der Waals surface area contributed by atoms with Gasteiger partial charge < -0.3 is 4.74 Å². The number of nitrogens with zero attached hydrogens (tertiary/aromatic N) is 2. The van der Waals surface area contributed by atoms with Crippen LogP contribution < -0.4 is 9.46 Å². The van der Waals surface area contributed by atoms with Crippen molar-refractivity contribution in [3.63, 3.8) is 0 Å². The van der Waals surface area contributed by atoms with Gasteiger partial charge in [-0.3, -0.25) is 9.97 Å². The van der Waals surface area contributed by atoms with Gasteiger partial charge in [0.2, 0.25) is 10.0 Å². The number of rotatable bonds is 7. The molecule has 26 heavy (non-hydrogen) atoms. The second-order valence-electron chi connectivity index (χ2n) is 5.48. The zero-order valence-corrected chi connectivity index (χ0v) is 15.1. The van der Waals surface area contributed by atoms with Gasteiger partial charge in [-0.15, -0.1) is 0 Å². The minimum Gasteiger partial charge on any atom is -0.494 e. The van der Waals surface area contributed by atoms with Crippen molar-refractivity contribution in [2.24, 2.45) is 0 Å². The Labute approximate surface area is 153 Å². The van der Waals surface area contributed by atoms with E-state index in [0.717, 1.165) is 16.8 Å². The zero-order valence-electron chi connectivity index (χ0n) is 14.3. The molecule has 0 radical (unpaired) electrons. The topological polar surface area (TPSA) is 81.2 Å². The molecule has 0 saturated carbocycles. The van der Waals surface area contributed by atoms with Crippen LogP contribution in [0.1, 0.15) is 12.5 Å². The normalized spacial score (nSPS) is 11.3. The van der Waals surface area contributed by atoms with Gasteiger partial charge >= 0.3 is 0 Å². The molecule has 3 aromatic rings. The van der Waals surface area contributed by atoms with Gasteiger partial charge in [-0.05, 0) is 55.0 Å². The number of sulfonamides is 1. The minimum atomic E-state index is -3.63. The lowest BCUT2D eigenvalue weighted by atomic mass is 10.1. The van der Waals surface area contributed by atoms with Crippen molar-refractivity contribution in [3.05, 3.63) is 72.7 Å². The lowest BCUT2D eigenvalue weighted by Gasteiger charge is -2.11. The van der Waals surface area contributed by atoms with Crippen molar-refractivity contribution in [1.82, 2.24) is 14.7 Å². The molecule has 1 N–H and O–H groups in total. The highest BCUT2D eigenvalue weighted by molar-refractivity contribution is 7.89. The summed E-state index contributed by atoms with van der Waals surface area (Å²) < 4.78 is 33.0. The van der Waals surface area contributed by atoms with Gasteiger partial charge in [0.05, 0.1) is 17.2 Å². The molecule has 134 valence electrons. The van der Waals surface area contributed by atoms with Crippen LogP contribution in [0.2, 0.25) is 0 Å². The third kappa shape index (κ3) is 4.25. The molecule has 0 spiro atoms. The molecule has 0 aliphatic heterocycles. The van der Waals surface area contributed by atoms with Crippen LogP contribution >= 0.6 is 0 Å². The molecule has 0 atom stereocenters. The summed E-state index contributed by atoms with van der Waals surface area (Å²) in [6.45, 7) is 2.55. The molecule has 1 aromatic carbocycles. The maximum atomic E-state index is 12.5. The number of pyridine rings is 2. The summed E-state index contributed by atoms with van der Waals surface area (Å²) >= 11 is 0. The van der Waals surface area contributed by atoms with E-state index < -0.39 is 10.0 Å². The average molecular weight is 369 g/mol. The molecule has 0 aliphatic rings. The second-order valence-corrected chi connectivity index (χ2v) is 7.24. The lowest BCUT2D eigenvalue weighted by Crippen LogP contribution is -2.23. The standard InChI is InChI=1S/C19H19N3O3S/c1-2-25-17-5-7-18(8-6-17)26(23,24)22-14-16-4-3-11-21-19(16)15-9-12-20-13-10-15/h3-13,22H,2,14H2,1H3. The highest BCUT2D eigenvalue weighted by Crippen LogP contribution is 2.21. The predicted molar refractivity (Wildman–Crippen MR) is 99.1 cm³/mol. The molecule has 7 heteroatoms. The van der Waals surface area contributed by atoms with Crippen molar-refractivity contribution in [1.29, 1.82) is 0 Å². The van der Waals surface area contributed by atoms with E-state index >= 15 is 0 Å². The van der Waals surface area contributed by atoms with E-state index in [4.69, 9.17) is 4.74 Å². The number of ether oxygens (including phenoxy) is 1. The van der Waals surface area contributed by atoms with Crippen LogP contribution in [0.4, 0.5) is 0 Å². The summed E-state index contributed by atoms with van der Waals surface area (Å²) in [4.78, 5) is 8.56. The number of benzene rings is 1. The van der Waals surface area contributed by atoms with Gasteiger partial charge in [0, 0.05) is 30.7 Å². The molecule has 0 aliphatic carbocycles. The van der Waals surface area contributed by atoms with Gasteiger partial charge in [-0.1, -0.05) is 6.07 Å². The Morgan fingerprint density at radius 3 is 2.42 bits per heavy atom. The molecule has 2 heterocycles. The van der Waals surface area contributed by atoms with E-state index in [2.05, 4.69) is 14.7 Å². The highest BCUT2D eigenvalue weighted by Gasteiger charge is 2.15. The largest absolute Gasteiger partial charge is 0.494 e. The quantitative estimate of drug-likeness (QED) is 0.692. The number of nitrogens with one attached hydrogen (secondary N) is 1. The molecule has 0 amide bonds. The number of hydrogen-bond acceptors (Lipinski definition) is 5. The lowest BCUT2D eigenvalue weighted by molar-refractivity contribution is 0.340. The Morgan fingerprint density at radius 2 is 1.73 bits per heavy atom. The van der Waals surface area contributed by atoms with Crippen LogP contribution in [-0.4, -0.2) is 25.0 Å². The van der Waals surface area contributed by atoms with E-state index in [1.165, 1.54) is 12.1 Å². The molecule has 3 rings (SSSR count). The monoisotopic (exact) mass is 369 g/mol. The molecular formula is C19H19N3O3S. The van der Waals surface area contributed by atoms with Crippen LogP contribution in [0.3, 0.4) is 0 Å². The minimum absolute atomic E-state index is 0.140. The SMILES string of the molecule is CCOc1ccc(S(=O)(=O)NCc2cccnc2-c2ccncc2)cc1. The fourth-order valence-electron chi connectivity index (χ4n) is 2.49. The van der Waals surface area contributed by atoms with Crippen LogP contribution in [-0.2, 0) is 16.6 Å². The maximum absolute atomic E-state index is 12.5. The molecule has 0 saturated heterocycles. The maximum Gasteiger partial charge on any atom is 0.240 e. The van der Waals surface area contributed by atoms with Crippen LogP contribution in [0.25, 0.3) is 11.3 Å². The molecule has 0 fully saturated rings. The Kier molecular flexibility index (Phi) is 5.60. The first-order valence-corrected chi connectivity index (χ1v) is 9.65. The zero-order chi connectivity index (χ0) is 18.4. The summed E-state index contributed by atoms with van der Waals surface area (Å²) in [6.07, 6.45) is 5.04. The second kappa shape index (κ2) is 8.07. The Hall–Kier alpha value is -2.77. The van der Waals surface area contributed by atoms with Gasteiger partial charge in [0.15, 0.2) is 0 Å². The summed E-state index contributed by atoms with van der Waals surface area (Å²) in [7, 11) is -3.63. The Balaban J connectivity index is 1.78. The van der Waals surface area contributed by atoms with Crippen LogP contribution in [0.15, 0.2) is 72.0 Å². The first kappa shape index (κ1) is 18.0. The molecule has 0 unspecified atom stereocenters. The van der Waals surface area contributed by atoms with Gasteiger partial charge in [0.25, 0.3) is 0 Å². The van der Waals surface area contributed by atoms with Crippen molar-refractivity contribution >= 4 is 10.0 Å². The van der Waals surface area contributed by atoms with E-state index in [1.54, 1.807) is 36.8 Å². The Morgan fingerprint density at radius 1 is 1.00 bits per heavy atom. The molecule has 6 nitrogen and oxygen atoms in total. The summed E-state index contributed by atoms with van der Waals surface area (Å²) in [5.41, 5.74) is 2.40. The van der Waals surface area contributed by atoms with E-state index in [-0.39, 0.29) is 11.4 Å². The van der Waals surface area contributed by atoms with Crippen molar-refractivity contribution in [3.8, 4) is 17.0 Å². The smallest absolute Gasteiger partial charge is 0.240 e. The van der Waals surface area contributed by atoms with Crippen molar-refractivity contribution in [2.75, 3.05) is 6.61 Å². The van der Waals surface area contributed by atoms with E-state index in [0.29, 0.717) is 12.4 Å². The first-order chi connectivity index (χ1) is 12.6. The third-order valence-electron chi connectivity index (χ3n) is 3.74. The van der Waals surface area contributed by atoms with Gasteiger partial charge in [-0.2, -0.15) is 0 Å². The summed E-state index contributed by atoms with van der Waals surface area (Å²) in [5, 5.41) is 0. The summed E-state index contributed by atoms with van der Waals surface area (Å²) in [5.74, 6) is 0.638. The molecule has 0 bridgehead atoms. The predicted octanol–water partition coefficient (Wildman–Crippen LogP) is 3.02. The van der Waals surface area contributed by atoms with Crippen molar-refractivity contribution < 1.29 is 13.2 Å². The van der Waals surface area contributed by atoms with Crippen LogP contribution in [0.5, 0.6) is 5.75 Å². The van der Waals surface area contributed by atoms with Gasteiger partial charge in [-0.25, -0.2) is 13.1 Å². The fourth-order valence-corrected chi connectivity index (χ4v) is 3.50. The molecular weight excluding hydrogens is 350 g/mol. The van der Waals surface area contributed by atoms with Crippen molar-refractivity contribution in [2.45, 2.75) is 18.4 Å².